The van der Waals surface area contributed by atoms with Crippen molar-refractivity contribution in [3.05, 3.63) is 0 Å². The summed E-state index contributed by atoms with van der Waals surface area (Å²) in [7, 11) is 1.72. The zero-order valence-corrected chi connectivity index (χ0v) is 12.7. The van der Waals surface area contributed by atoms with Crippen LogP contribution >= 0.6 is 0 Å². The van der Waals surface area contributed by atoms with Crippen molar-refractivity contribution in [3.63, 3.8) is 0 Å². The Kier molecular flexibility index (Phi) is 6.81. The summed E-state index contributed by atoms with van der Waals surface area (Å²) in [5.74, 6) is 0.149. The van der Waals surface area contributed by atoms with Gasteiger partial charge in [0.15, 0.2) is 0 Å². The van der Waals surface area contributed by atoms with E-state index in [9.17, 15) is 4.79 Å². The van der Waals surface area contributed by atoms with E-state index in [1.165, 1.54) is 32.1 Å². The minimum atomic E-state index is -0.299. The highest BCUT2D eigenvalue weighted by molar-refractivity contribution is 5.82. The number of carbonyl (C=O) groups excluding carboxylic acids is 1. The summed E-state index contributed by atoms with van der Waals surface area (Å²) in [6.07, 6.45) is 7.59. The minimum Gasteiger partial charge on any atom is -0.359 e. The molecule has 0 heterocycles. The first-order valence-corrected chi connectivity index (χ1v) is 7.01. The van der Waals surface area contributed by atoms with Gasteiger partial charge in [0.25, 0.3) is 0 Å². The van der Waals surface area contributed by atoms with Crippen molar-refractivity contribution in [3.8, 4) is 0 Å². The molecule has 0 aromatic heterocycles. The molecule has 0 saturated carbocycles. The molecule has 0 aliphatic carbocycles. The van der Waals surface area contributed by atoms with E-state index < -0.39 is 0 Å². The Balaban J connectivity index is 4.22. The molecule has 0 aliphatic rings. The van der Waals surface area contributed by atoms with E-state index in [2.05, 4.69) is 39.9 Å². The van der Waals surface area contributed by atoms with Gasteiger partial charge in [-0.1, -0.05) is 66.7 Å². The monoisotopic (exact) mass is 241 g/mol. The van der Waals surface area contributed by atoms with Crippen LogP contribution in [0.4, 0.5) is 0 Å². The summed E-state index contributed by atoms with van der Waals surface area (Å²) >= 11 is 0. The lowest BCUT2D eigenvalue weighted by atomic mass is 9.65. The van der Waals surface area contributed by atoms with Gasteiger partial charge in [0.2, 0.25) is 5.91 Å². The van der Waals surface area contributed by atoms with Gasteiger partial charge in [0, 0.05) is 12.5 Å². The molecule has 0 bridgehead atoms. The first kappa shape index (κ1) is 16.5. The molecule has 0 fully saturated rings. The Labute approximate surface area is 108 Å². The molecular formula is C15H31NO. The number of hydrogen-bond donors (Lipinski definition) is 1. The average molecular weight is 241 g/mol. The van der Waals surface area contributed by atoms with Crippen LogP contribution in [0.1, 0.15) is 73.1 Å². The van der Waals surface area contributed by atoms with Crippen molar-refractivity contribution in [1.82, 2.24) is 5.32 Å². The first-order valence-electron chi connectivity index (χ1n) is 7.01. The largest absolute Gasteiger partial charge is 0.359 e. The lowest BCUT2D eigenvalue weighted by Gasteiger charge is -2.40. The maximum atomic E-state index is 11.9. The third kappa shape index (κ3) is 4.69. The van der Waals surface area contributed by atoms with Gasteiger partial charge in [0.05, 0.1) is 0 Å². The first-order chi connectivity index (χ1) is 7.79. The quantitative estimate of drug-likeness (QED) is 0.636. The van der Waals surface area contributed by atoms with Crippen LogP contribution in [0.15, 0.2) is 0 Å². The average Bonchev–Trinajstić information content (AvgIpc) is 2.27. The van der Waals surface area contributed by atoms with Crippen molar-refractivity contribution < 1.29 is 4.79 Å². The van der Waals surface area contributed by atoms with Crippen molar-refractivity contribution in [2.24, 2.45) is 10.8 Å². The molecule has 0 saturated heterocycles. The second-order valence-corrected chi connectivity index (χ2v) is 6.25. The minimum absolute atomic E-state index is 0.0549. The van der Waals surface area contributed by atoms with Crippen LogP contribution in [0.2, 0.25) is 0 Å². The van der Waals surface area contributed by atoms with Gasteiger partial charge in [0.1, 0.15) is 0 Å². The molecule has 0 aliphatic heterocycles. The highest BCUT2D eigenvalue weighted by Crippen LogP contribution is 2.42. The van der Waals surface area contributed by atoms with Gasteiger partial charge >= 0.3 is 0 Å². The maximum absolute atomic E-state index is 11.9. The normalized spacial score (nSPS) is 12.6. The van der Waals surface area contributed by atoms with Gasteiger partial charge in [-0.3, -0.25) is 4.79 Å². The van der Waals surface area contributed by atoms with Gasteiger partial charge in [-0.15, -0.1) is 0 Å². The summed E-state index contributed by atoms with van der Waals surface area (Å²) in [6.45, 7) is 10.8. The lowest BCUT2D eigenvalue weighted by molar-refractivity contribution is -0.135. The molecule has 102 valence electrons. The fourth-order valence-corrected chi connectivity index (χ4v) is 2.10. The van der Waals surface area contributed by atoms with Gasteiger partial charge in [-0.25, -0.2) is 0 Å². The third-order valence-electron chi connectivity index (χ3n) is 4.39. The van der Waals surface area contributed by atoms with Crippen LogP contribution in [0, 0.1) is 10.8 Å². The second kappa shape index (κ2) is 7.03. The molecule has 0 aromatic rings. The fourth-order valence-electron chi connectivity index (χ4n) is 2.10. The molecule has 2 nitrogen and oxygen atoms in total. The summed E-state index contributed by atoms with van der Waals surface area (Å²) in [5.41, 5.74) is -0.244. The Bertz CT molecular complexity index is 231. The standard InChI is InChI=1S/C15H31NO/c1-7-8-9-10-11-12-14(2,3)15(4,5)13(17)16-6/h7-12H2,1-6H3,(H,16,17). The molecular weight excluding hydrogens is 210 g/mol. The molecule has 0 radical (unpaired) electrons. The molecule has 0 rings (SSSR count). The molecule has 1 N–H and O–H groups in total. The Morgan fingerprint density at radius 2 is 1.53 bits per heavy atom. The van der Waals surface area contributed by atoms with Gasteiger partial charge in [-0.2, -0.15) is 0 Å². The Morgan fingerprint density at radius 1 is 1.00 bits per heavy atom. The lowest BCUT2D eigenvalue weighted by Crippen LogP contribution is -2.45. The number of hydrogen-bond acceptors (Lipinski definition) is 1. The predicted octanol–water partition coefficient (Wildman–Crippen LogP) is 4.15. The van der Waals surface area contributed by atoms with E-state index in [-0.39, 0.29) is 16.7 Å². The number of rotatable bonds is 8. The van der Waals surface area contributed by atoms with E-state index >= 15 is 0 Å². The zero-order chi connectivity index (χ0) is 13.5. The molecule has 17 heavy (non-hydrogen) atoms. The summed E-state index contributed by atoms with van der Waals surface area (Å²) < 4.78 is 0. The van der Waals surface area contributed by atoms with Crippen molar-refractivity contribution >= 4 is 5.91 Å². The third-order valence-corrected chi connectivity index (χ3v) is 4.39. The van der Waals surface area contributed by atoms with E-state index in [1.807, 2.05) is 0 Å². The highest BCUT2D eigenvalue weighted by Gasteiger charge is 2.41. The topological polar surface area (TPSA) is 29.1 Å². The van der Waals surface area contributed by atoms with Crippen molar-refractivity contribution in [2.45, 2.75) is 73.1 Å². The summed E-state index contributed by atoms with van der Waals surface area (Å²) in [6, 6.07) is 0. The van der Waals surface area contributed by atoms with Crippen molar-refractivity contribution in [1.29, 1.82) is 0 Å². The van der Waals surface area contributed by atoms with Crippen LogP contribution < -0.4 is 5.32 Å². The van der Waals surface area contributed by atoms with E-state index in [0.29, 0.717) is 0 Å². The smallest absolute Gasteiger partial charge is 0.225 e. The van der Waals surface area contributed by atoms with E-state index in [1.54, 1.807) is 7.05 Å². The van der Waals surface area contributed by atoms with Crippen LogP contribution in [0.3, 0.4) is 0 Å². The molecule has 0 spiro atoms. The van der Waals surface area contributed by atoms with E-state index in [4.69, 9.17) is 0 Å². The number of carbonyl (C=O) groups is 1. The number of unbranched alkanes of at least 4 members (excludes halogenated alkanes) is 4. The molecule has 1 amide bonds. The van der Waals surface area contributed by atoms with Gasteiger partial charge < -0.3 is 5.32 Å². The van der Waals surface area contributed by atoms with Crippen molar-refractivity contribution in [2.75, 3.05) is 7.05 Å². The van der Waals surface area contributed by atoms with Crippen LogP contribution in [0.5, 0.6) is 0 Å². The number of nitrogens with one attached hydrogen (secondary N) is 1. The van der Waals surface area contributed by atoms with Crippen LogP contribution in [0.25, 0.3) is 0 Å². The Morgan fingerprint density at radius 3 is 2.00 bits per heavy atom. The van der Waals surface area contributed by atoms with Crippen LogP contribution in [-0.4, -0.2) is 13.0 Å². The summed E-state index contributed by atoms with van der Waals surface area (Å²) in [5, 5.41) is 2.78. The zero-order valence-electron chi connectivity index (χ0n) is 12.7. The SMILES string of the molecule is CCCCCCCC(C)(C)C(C)(C)C(=O)NC. The fraction of sp³-hybridized carbons (Fsp3) is 0.933. The second-order valence-electron chi connectivity index (χ2n) is 6.25. The molecule has 0 atom stereocenters. The summed E-state index contributed by atoms with van der Waals surface area (Å²) in [4.78, 5) is 11.9. The van der Waals surface area contributed by atoms with Crippen LogP contribution in [-0.2, 0) is 4.79 Å². The molecule has 0 unspecified atom stereocenters. The van der Waals surface area contributed by atoms with Gasteiger partial charge in [-0.05, 0) is 11.8 Å². The molecule has 0 aromatic carbocycles. The molecule has 2 heteroatoms. The maximum Gasteiger partial charge on any atom is 0.225 e. The Hall–Kier alpha value is -0.530. The van der Waals surface area contributed by atoms with E-state index in [0.717, 1.165) is 6.42 Å². The highest BCUT2D eigenvalue weighted by atomic mass is 16.2. The number of amides is 1. The predicted molar refractivity (Wildman–Crippen MR) is 75.0 cm³/mol.